The van der Waals surface area contributed by atoms with Crippen molar-refractivity contribution in [2.45, 2.75) is 0 Å². The summed E-state index contributed by atoms with van der Waals surface area (Å²) >= 11 is 8.93. The zero-order valence-corrected chi connectivity index (χ0v) is 11.6. The van der Waals surface area contributed by atoms with Crippen LogP contribution in [-0.2, 0) is 0 Å². The Kier molecular flexibility index (Phi) is 4.11. The molecule has 7 heteroatoms. The predicted molar refractivity (Wildman–Crippen MR) is 71.3 cm³/mol. The van der Waals surface area contributed by atoms with Crippen LogP contribution in [0, 0.1) is 11.9 Å². The van der Waals surface area contributed by atoms with Gasteiger partial charge in [0.25, 0.3) is 5.91 Å². The lowest BCUT2D eigenvalue weighted by molar-refractivity contribution is 0.102. The van der Waals surface area contributed by atoms with Crippen molar-refractivity contribution in [3.8, 4) is 0 Å². The second kappa shape index (κ2) is 5.63. The summed E-state index contributed by atoms with van der Waals surface area (Å²) in [7, 11) is 0. The minimum Gasteiger partial charge on any atom is -0.318 e. The third kappa shape index (κ3) is 3.27. The number of rotatable bonds is 2. The van der Waals surface area contributed by atoms with E-state index in [1.165, 1.54) is 18.2 Å². The predicted octanol–water partition coefficient (Wildman–Crippen LogP) is 4.03. The third-order valence-corrected chi connectivity index (χ3v) is 3.13. The van der Waals surface area contributed by atoms with Gasteiger partial charge in [-0.1, -0.05) is 11.6 Å². The van der Waals surface area contributed by atoms with Crippen molar-refractivity contribution in [3.63, 3.8) is 0 Å². The molecule has 19 heavy (non-hydrogen) atoms. The van der Waals surface area contributed by atoms with E-state index in [2.05, 4.69) is 26.2 Å². The zero-order valence-electron chi connectivity index (χ0n) is 9.25. The Balaban J connectivity index is 2.25. The summed E-state index contributed by atoms with van der Waals surface area (Å²) in [6, 6.07) is 6.60. The van der Waals surface area contributed by atoms with E-state index in [4.69, 9.17) is 11.6 Å². The van der Waals surface area contributed by atoms with E-state index in [1.807, 2.05) is 0 Å². The second-order valence-corrected chi connectivity index (χ2v) is 4.84. The van der Waals surface area contributed by atoms with Crippen molar-refractivity contribution < 1.29 is 13.6 Å². The number of aromatic nitrogens is 1. The fraction of sp³-hybridized carbons (Fsp3) is 0. The standard InChI is InChI=1S/C12H6BrClF2N2O/c13-8-5-6(14)1-2-7(8)12(19)17-9-3-4-10(15)18-11(9)16/h1-5H,(H,17,19). The van der Waals surface area contributed by atoms with Gasteiger partial charge in [-0.15, -0.1) is 0 Å². The fourth-order valence-electron chi connectivity index (χ4n) is 1.37. The molecule has 0 aliphatic heterocycles. The molecule has 0 saturated heterocycles. The third-order valence-electron chi connectivity index (χ3n) is 2.24. The molecule has 1 aromatic heterocycles. The highest BCUT2D eigenvalue weighted by Gasteiger charge is 2.13. The summed E-state index contributed by atoms with van der Waals surface area (Å²) < 4.78 is 26.4. The quantitative estimate of drug-likeness (QED) is 0.834. The van der Waals surface area contributed by atoms with Crippen LogP contribution in [0.5, 0.6) is 0 Å². The van der Waals surface area contributed by atoms with Crippen LogP contribution in [0.1, 0.15) is 10.4 Å². The van der Waals surface area contributed by atoms with Crippen LogP contribution >= 0.6 is 27.5 Å². The number of pyridine rings is 1. The first-order chi connectivity index (χ1) is 8.97. The molecule has 0 fully saturated rings. The molecule has 0 atom stereocenters. The van der Waals surface area contributed by atoms with Gasteiger partial charge in [-0.2, -0.15) is 13.8 Å². The minimum absolute atomic E-state index is 0.201. The Labute approximate surface area is 120 Å². The SMILES string of the molecule is O=C(Nc1ccc(F)nc1F)c1ccc(Cl)cc1Br. The van der Waals surface area contributed by atoms with E-state index >= 15 is 0 Å². The van der Waals surface area contributed by atoms with E-state index in [9.17, 15) is 13.6 Å². The molecule has 0 bridgehead atoms. The van der Waals surface area contributed by atoms with E-state index < -0.39 is 17.8 Å². The van der Waals surface area contributed by atoms with Gasteiger partial charge >= 0.3 is 0 Å². The smallest absolute Gasteiger partial charge is 0.256 e. The van der Waals surface area contributed by atoms with Crippen LogP contribution in [0.25, 0.3) is 0 Å². The summed E-state index contributed by atoms with van der Waals surface area (Å²) in [4.78, 5) is 14.9. The number of carbonyl (C=O) groups excluding carboxylic acids is 1. The maximum Gasteiger partial charge on any atom is 0.256 e. The number of hydrogen-bond donors (Lipinski definition) is 1. The monoisotopic (exact) mass is 346 g/mol. The molecule has 1 heterocycles. The molecular weight excluding hydrogens is 341 g/mol. The number of hydrogen-bond acceptors (Lipinski definition) is 2. The van der Waals surface area contributed by atoms with Crippen molar-refractivity contribution in [1.82, 2.24) is 4.98 Å². The number of anilines is 1. The van der Waals surface area contributed by atoms with Crippen molar-refractivity contribution >= 4 is 39.1 Å². The van der Waals surface area contributed by atoms with E-state index in [1.54, 1.807) is 0 Å². The van der Waals surface area contributed by atoms with E-state index in [0.717, 1.165) is 12.1 Å². The molecule has 98 valence electrons. The number of nitrogens with zero attached hydrogens (tertiary/aromatic N) is 1. The molecule has 0 saturated carbocycles. The minimum atomic E-state index is -1.08. The van der Waals surface area contributed by atoms with Gasteiger partial charge in [0.1, 0.15) is 0 Å². The first kappa shape index (κ1) is 13.9. The molecule has 0 radical (unpaired) electrons. The highest BCUT2D eigenvalue weighted by molar-refractivity contribution is 9.10. The Hall–Kier alpha value is -1.53. The van der Waals surface area contributed by atoms with Crippen LogP contribution < -0.4 is 5.32 Å². The van der Waals surface area contributed by atoms with Gasteiger partial charge < -0.3 is 5.32 Å². The van der Waals surface area contributed by atoms with E-state index in [-0.39, 0.29) is 11.3 Å². The van der Waals surface area contributed by atoms with Crippen LogP contribution in [0.3, 0.4) is 0 Å². The van der Waals surface area contributed by atoms with Crippen molar-refractivity contribution in [2.24, 2.45) is 0 Å². The maximum absolute atomic E-state index is 13.3. The maximum atomic E-state index is 13.3. The molecule has 1 aromatic carbocycles. The van der Waals surface area contributed by atoms with Crippen LogP contribution in [0.4, 0.5) is 14.5 Å². The van der Waals surface area contributed by atoms with Gasteiger partial charge in [-0.3, -0.25) is 4.79 Å². The molecule has 2 aromatic rings. The molecule has 2 rings (SSSR count). The zero-order chi connectivity index (χ0) is 14.0. The molecule has 0 aliphatic rings. The molecule has 0 aliphatic carbocycles. The summed E-state index contributed by atoms with van der Waals surface area (Å²) in [6.45, 7) is 0. The fourth-order valence-corrected chi connectivity index (χ4v) is 2.23. The summed E-state index contributed by atoms with van der Waals surface area (Å²) in [6.07, 6.45) is 0. The molecule has 1 N–H and O–H groups in total. The lowest BCUT2D eigenvalue weighted by Gasteiger charge is -2.07. The topological polar surface area (TPSA) is 42.0 Å². The van der Waals surface area contributed by atoms with Crippen molar-refractivity contribution in [3.05, 3.63) is 57.3 Å². The van der Waals surface area contributed by atoms with Gasteiger partial charge in [0.2, 0.25) is 11.9 Å². The molecule has 1 amide bonds. The lowest BCUT2D eigenvalue weighted by atomic mass is 10.2. The first-order valence-electron chi connectivity index (χ1n) is 5.06. The summed E-state index contributed by atoms with van der Waals surface area (Å²) in [5.41, 5.74) is 0.0707. The van der Waals surface area contributed by atoms with Gasteiger partial charge in [0.05, 0.1) is 11.3 Å². The van der Waals surface area contributed by atoms with Gasteiger partial charge in [-0.25, -0.2) is 0 Å². The number of nitrogens with one attached hydrogen (secondary N) is 1. The molecule has 3 nitrogen and oxygen atoms in total. The van der Waals surface area contributed by atoms with Crippen LogP contribution in [-0.4, -0.2) is 10.9 Å². The highest BCUT2D eigenvalue weighted by atomic mass is 79.9. The van der Waals surface area contributed by atoms with E-state index in [0.29, 0.717) is 9.50 Å². The number of amides is 1. The van der Waals surface area contributed by atoms with Gasteiger partial charge in [0, 0.05) is 9.50 Å². The molecular formula is C12H6BrClF2N2O. The number of carbonyl (C=O) groups is 1. The average Bonchev–Trinajstić information content (AvgIpc) is 2.32. The van der Waals surface area contributed by atoms with Crippen LogP contribution in [0.15, 0.2) is 34.8 Å². The second-order valence-electron chi connectivity index (χ2n) is 3.55. The van der Waals surface area contributed by atoms with Gasteiger partial charge in [0.15, 0.2) is 0 Å². The number of halogens is 4. The molecule has 0 spiro atoms. The summed E-state index contributed by atoms with van der Waals surface area (Å²) in [5.74, 6) is -2.60. The summed E-state index contributed by atoms with van der Waals surface area (Å²) in [5, 5.41) is 2.75. The first-order valence-corrected chi connectivity index (χ1v) is 6.23. The normalized spacial score (nSPS) is 10.3. The Morgan fingerprint density at radius 3 is 2.63 bits per heavy atom. The largest absolute Gasteiger partial charge is 0.318 e. The van der Waals surface area contributed by atoms with Crippen molar-refractivity contribution in [1.29, 1.82) is 0 Å². The molecule has 0 unspecified atom stereocenters. The Bertz CT molecular complexity index is 652. The highest BCUT2D eigenvalue weighted by Crippen LogP contribution is 2.23. The average molecular weight is 348 g/mol. The lowest BCUT2D eigenvalue weighted by Crippen LogP contribution is -2.14. The number of benzene rings is 1. The van der Waals surface area contributed by atoms with Crippen LogP contribution in [0.2, 0.25) is 5.02 Å². The van der Waals surface area contributed by atoms with Crippen molar-refractivity contribution in [2.75, 3.05) is 5.32 Å². The van der Waals surface area contributed by atoms with Gasteiger partial charge in [-0.05, 0) is 46.3 Å². The Morgan fingerprint density at radius 1 is 1.26 bits per heavy atom. The Morgan fingerprint density at radius 2 is 2.00 bits per heavy atom.